The quantitative estimate of drug-likeness (QED) is 0.677. The smallest absolute Gasteiger partial charge is 0.165 e. The number of benzene rings is 1. The fourth-order valence-electron chi connectivity index (χ4n) is 2.13. The molecule has 1 heterocycles. The Morgan fingerprint density at radius 3 is 2.19 bits per heavy atom. The molecule has 21 heavy (non-hydrogen) atoms. The molecule has 0 aliphatic carbocycles. The highest BCUT2D eigenvalue weighted by Gasteiger charge is 2.25. The second-order valence-corrected chi connectivity index (χ2v) is 5.33. The summed E-state index contributed by atoms with van der Waals surface area (Å²) in [6, 6.07) is 7.45. The first-order valence-corrected chi connectivity index (χ1v) is 6.96. The number of methoxy groups -OCH3 is 1. The van der Waals surface area contributed by atoms with Gasteiger partial charge in [0, 0.05) is 0 Å². The van der Waals surface area contributed by atoms with Crippen LogP contribution in [0.3, 0.4) is 0 Å². The van der Waals surface area contributed by atoms with Crippen molar-refractivity contribution in [2.45, 2.75) is 26.3 Å². The first-order valence-electron chi connectivity index (χ1n) is 6.96. The van der Waals surface area contributed by atoms with Gasteiger partial charge in [0.05, 0.1) is 18.5 Å². The normalized spacial score (nSPS) is 25.8. The molecule has 2 rings (SSSR count). The molecule has 5 nitrogen and oxygen atoms in total. The van der Waals surface area contributed by atoms with Crippen LogP contribution in [0.25, 0.3) is 6.08 Å². The average molecular weight is 290 g/mol. The van der Waals surface area contributed by atoms with Gasteiger partial charge in [0.15, 0.2) is 12.5 Å². The summed E-state index contributed by atoms with van der Waals surface area (Å²) in [5.74, 6) is 1.05. The van der Waals surface area contributed by atoms with Crippen LogP contribution in [0.2, 0.25) is 0 Å². The Labute approximate surface area is 124 Å². The van der Waals surface area contributed by atoms with Crippen LogP contribution in [-0.4, -0.2) is 29.8 Å². The van der Waals surface area contributed by atoms with E-state index in [0.29, 0.717) is 11.4 Å². The molecular weight excluding hydrogens is 268 g/mol. The third kappa shape index (κ3) is 4.00. The van der Waals surface area contributed by atoms with Gasteiger partial charge in [-0.05, 0) is 29.7 Å². The van der Waals surface area contributed by atoms with E-state index in [1.165, 1.54) is 0 Å². The number of nitrogens with one attached hydrogen (secondary N) is 2. The Bertz CT molecular complexity index is 535. The van der Waals surface area contributed by atoms with Crippen LogP contribution >= 0.6 is 0 Å². The highest BCUT2D eigenvalue weighted by Crippen LogP contribution is 2.18. The Balaban J connectivity index is 2.15. The number of ether oxygens (including phenoxy) is 1. The van der Waals surface area contributed by atoms with E-state index >= 15 is 0 Å². The minimum Gasteiger partial charge on any atom is -0.497 e. The maximum atomic E-state index is 10.1. The van der Waals surface area contributed by atoms with Crippen molar-refractivity contribution in [3.8, 4) is 5.75 Å². The van der Waals surface area contributed by atoms with Crippen LogP contribution < -0.4 is 15.4 Å². The minimum absolute atomic E-state index is 0.281. The largest absolute Gasteiger partial charge is 0.497 e. The van der Waals surface area contributed by atoms with E-state index in [9.17, 15) is 10.2 Å². The SMILES string of the molecule is COc1ccc(C=C2NC(O)C(=CC(C)C)NC2O)cc1. The fourth-order valence-corrected chi connectivity index (χ4v) is 2.13. The van der Waals surface area contributed by atoms with Crippen molar-refractivity contribution < 1.29 is 14.9 Å². The number of rotatable bonds is 3. The lowest BCUT2D eigenvalue weighted by Gasteiger charge is -2.32. The maximum Gasteiger partial charge on any atom is 0.165 e. The van der Waals surface area contributed by atoms with E-state index in [1.807, 2.05) is 44.2 Å². The molecule has 0 amide bonds. The fraction of sp³-hybridized carbons (Fsp3) is 0.375. The molecule has 0 bridgehead atoms. The van der Waals surface area contributed by atoms with Crippen LogP contribution in [0.5, 0.6) is 5.75 Å². The number of aliphatic hydroxyl groups is 2. The highest BCUT2D eigenvalue weighted by molar-refractivity contribution is 5.55. The summed E-state index contributed by atoms with van der Waals surface area (Å²) in [4.78, 5) is 0. The van der Waals surface area contributed by atoms with Crippen molar-refractivity contribution in [2.75, 3.05) is 7.11 Å². The first kappa shape index (κ1) is 15.4. The number of piperazine rings is 1. The van der Waals surface area contributed by atoms with Gasteiger partial charge < -0.3 is 25.6 Å². The summed E-state index contributed by atoms with van der Waals surface area (Å²) in [6.45, 7) is 4.02. The lowest BCUT2D eigenvalue weighted by atomic mass is 10.1. The zero-order valence-electron chi connectivity index (χ0n) is 12.5. The second kappa shape index (κ2) is 6.65. The van der Waals surface area contributed by atoms with Crippen molar-refractivity contribution in [1.29, 1.82) is 0 Å². The number of aliphatic hydroxyl groups excluding tert-OH is 2. The summed E-state index contributed by atoms with van der Waals surface area (Å²) >= 11 is 0. The highest BCUT2D eigenvalue weighted by atomic mass is 16.5. The summed E-state index contributed by atoms with van der Waals surface area (Å²) in [5.41, 5.74) is 2.01. The first-order chi connectivity index (χ1) is 9.99. The van der Waals surface area contributed by atoms with E-state index < -0.39 is 12.5 Å². The third-order valence-corrected chi connectivity index (χ3v) is 3.15. The van der Waals surface area contributed by atoms with Crippen LogP contribution in [-0.2, 0) is 0 Å². The van der Waals surface area contributed by atoms with Gasteiger partial charge in [-0.2, -0.15) is 0 Å². The van der Waals surface area contributed by atoms with Crippen LogP contribution in [0.4, 0.5) is 0 Å². The third-order valence-electron chi connectivity index (χ3n) is 3.15. The zero-order valence-corrected chi connectivity index (χ0v) is 12.5. The number of hydrogen-bond donors (Lipinski definition) is 4. The number of allylic oxidation sites excluding steroid dienone is 1. The summed E-state index contributed by atoms with van der Waals surface area (Å²) in [5, 5.41) is 26.0. The average Bonchev–Trinajstić information content (AvgIpc) is 2.44. The molecule has 0 spiro atoms. The van der Waals surface area contributed by atoms with Crippen molar-refractivity contribution in [1.82, 2.24) is 10.6 Å². The molecule has 114 valence electrons. The molecule has 1 aromatic rings. The maximum absolute atomic E-state index is 10.1. The molecule has 2 atom stereocenters. The van der Waals surface area contributed by atoms with E-state index in [0.717, 1.165) is 11.3 Å². The van der Waals surface area contributed by atoms with E-state index in [2.05, 4.69) is 10.6 Å². The molecule has 5 heteroatoms. The zero-order chi connectivity index (χ0) is 15.4. The van der Waals surface area contributed by atoms with E-state index in [4.69, 9.17) is 4.74 Å². The predicted molar refractivity (Wildman–Crippen MR) is 82.2 cm³/mol. The summed E-state index contributed by atoms with van der Waals surface area (Å²) in [7, 11) is 1.61. The molecule has 0 aromatic heterocycles. The Morgan fingerprint density at radius 2 is 1.62 bits per heavy atom. The van der Waals surface area contributed by atoms with Gasteiger partial charge in [0.25, 0.3) is 0 Å². The molecular formula is C16H22N2O3. The lowest BCUT2D eigenvalue weighted by molar-refractivity contribution is 0.0940. The molecule has 1 aliphatic heterocycles. The Hall–Kier alpha value is -1.98. The summed E-state index contributed by atoms with van der Waals surface area (Å²) < 4.78 is 5.10. The van der Waals surface area contributed by atoms with Gasteiger partial charge in [-0.3, -0.25) is 0 Å². The molecule has 1 aromatic carbocycles. The topological polar surface area (TPSA) is 73.8 Å². The van der Waals surface area contributed by atoms with Gasteiger partial charge in [-0.15, -0.1) is 0 Å². The molecule has 1 saturated heterocycles. The molecule has 1 aliphatic rings. The standard InChI is InChI=1S/C16H22N2O3/c1-10(2)8-13-15(19)18-14(16(20)17-13)9-11-4-6-12(21-3)7-5-11/h4-10,15-20H,1-3H3. The molecule has 2 unspecified atom stereocenters. The molecule has 0 radical (unpaired) electrons. The van der Waals surface area contributed by atoms with Crippen molar-refractivity contribution in [2.24, 2.45) is 5.92 Å². The molecule has 1 fully saturated rings. The minimum atomic E-state index is -0.875. The summed E-state index contributed by atoms with van der Waals surface area (Å²) in [6.07, 6.45) is 1.94. The number of hydrogen-bond acceptors (Lipinski definition) is 5. The van der Waals surface area contributed by atoms with Gasteiger partial charge in [-0.25, -0.2) is 0 Å². The molecule has 0 saturated carbocycles. The monoisotopic (exact) mass is 290 g/mol. The van der Waals surface area contributed by atoms with Gasteiger partial charge in [0.2, 0.25) is 0 Å². The van der Waals surface area contributed by atoms with Crippen molar-refractivity contribution in [3.05, 3.63) is 47.3 Å². The van der Waals surface area contributed by atoms with Crippen LogP contribution in [0, 0.1) is 5.92 Å². The Morgan fingerprint density at radius 1 is 1.05 bits per heavy atom. The van der Waals surface area contributed by atoms with Crippen molar-refractivity contribution in [3.63, 3.8) is 0 Å². The van der Waals surface area contributed by atoms with Crippen molar-refractivity contribution >= 4 is 6.08 Å². The predicted octanol–water partition coefficient (Wildman–Crippen LogP) is 1.41. The van der Waals surface area contributed by atoms with Gasteiger partial charge >= 0.3 is 0 Å². The van der Waals surface area contributed by atoms with E-state index in [1.54, 1.807) is 13.2 Å². The lowest BCUT2D eigenvalue weighted by Crippen LogP contribution is -2.50. The molecule has 4 N–H and O–H groups in total. The van der Waals surface area contributed by atoms with Gasteiger partial charge in [0.1, 0.15) is 5.75 Å². The Kier molecular flexibility index (Phi) is 4.88. The van der Waals surface area contributed by atoms with E-state index in [-0.39, 0.29) is 5.92 Å². The van der Waals surface area contributed by atoms with Crippen LogP contribution in [0.15, 0.2) is 41.7 Å². The van der Waals surface area contributed by atoms with Gasteiger partial charge in [-0.1, -0.05) is 32.1 Å². The van der Waals surface area contributed by atoms with Crippen LogP contribution in [0.1, 0.15) is 19.4 Å². The second-order valence-electron chi connectivity index (χ2n) is 5.33.